The molecule has 0 bridgehead atoms. The molecule has 0 atom stereocenters. The van der Waals surface area contributed by atoms with Crippen molar-refractivity contribution in [2.24, 2.45) is 5.92 Å². The molecule has 0 amide bonds. The van der Waals surface area contributed by atoms with Gasteiger partial charge in [0.15, 0.2) is 0 Å². The predicted octanol–water partition coefficient (Wildman–Crippen LogP) is 2.40. The van der Waals surface area contributed by atoms with Gasteiger partial charge in [-0.3, -0.25) is 0 Å². The van der Waals surface area contributed by atoms with Crippen LogP contribution in [0.3, 0.4) is 0 Å². The first-order chi connectivity index (χ1) is 6.24. The zero-order valence-electron chi connectivity index (χ0n) is 8.37. The summed E-state index contributed by atoms with van der Waals surface area (Å²) in [4.78, 5) is 4.24. The molecular weight excluding hydrogens is 180 g/mol. The molecule has 1 aromatic heterocycles. The number of nitrogens with zero attached hydrogens (tertiary/aromatic N) is 1. The lowest BCUT2D eigenvalue weighted by Gasteiger charge is -2.09. The van der Waals surface area contributed by atoms with Crippen LogP contribution in [0.4, 0.5) is 0 Å². The van der Waals surface area contributed by atoms with Gasteiger partial charge < -0.3 is 5.32 Å². The lowest BCUT2D eigenvalue weighted by Crippen LogP contribution is -2.13. The Labute approximate surface area is 83.7 Å². The van der Waals surface area contributed by atoms with E-state index in [2.05, 4.69) is 35.6 Å². The average Bonchev–Trinajstić information content (AvgIpc) is 2.56. The van der Waals surface area contributed by atoms with Crippen molar-refractivity contribution < 1.29 is 0 Å². The van der Waals surface area contributed by atoms with Crippen LogP contribution in [0.5, 0.6) is 0 Å². The molecule has 13 heavy (non-hydrogen) atoms. The highest BCUT2D eigenvalue weighted by atomic mass is 32.1. The summed E-state index contributed by atoms with van der Waals surface area (Å²) < 4.78 is 0. The van der Waals surface area contributed by atoms with E-state index in [9.17, 15) is 0 Å². The van der Waals surface area contributed by atoms with Crippen molar-refractivity contribution in [3.63, 3.8) is 0 Å². The van der Waals surface area contributed by atoms with Gasteiger partial charge in [0.05, 0.1) is 11.2 Å². The summed E-state index contributed by atoms with van der Waals surface area (Å²) in [5, 5.41) is 5.24. The summed E-state index contributed by atoms with van der Waals surface area (Å²) >= 11 is 1.64. The number of rotatable bonds is 4. The third-order valence-corrected chi connectivity index (χ3v) is 2.51. The van der Waals surface area contributed by atoms with E-state index in [4.69, 9.17) is 0 Å². The highest BCUT2D eigenvalue weighted by Crippen LogP contribution is 2.13. The maximum Gasteiger partial charge on any atom is 0.0798 e. The van der Waals surface area contributed by atoms with E-state index in [0.717, 1.165) is 12.2 Å². The lowest BCUT2D eigenvalue weighted by molar-refractivity contribution is 0.712. The summed E-state index contributed by atoms with van der Waals surface area (Å²) in [5.74, 6) is 0.578. The molecule has 0 aromatic carbocycles. The summed E-state index contributed by atoms with van der Waals surface area (Å²) in [6, 6.07) is 0. The molecule has 2 nitrogen and oxygen atoms in total. The topological polar surface area (TPSA) is 24.9 Å². The first-order valence-electron chi connectivity index (χ1n) is 4.47. The maximum absolute atomic E-state index is 4.24. The molecule has 0 aliphatic heterocycles. The van der Waals surface area contributed by atoms with Crippen molar-refractivity contribution in [3.8, 4) is 0 Å². The van der Waals surface area contributed by atoms with E-state index in [1.54, 1.807) is 11.3 Å². The second-order valence-corrected chi connectivity index (χ2v) is 4.04. The van der Waals surface area contributed by atoms with Gasteiger partial charge in [0, 0.05) is 11.9 Å². The van der Waals surface area contributed by atoms with Gasteiger partial charge in [0.25, 0.3) is 0 Å². The van der Waals surface area contributed by atoms with Crippen molar-refractivity contribution in [3.05, 3.63) is 22.2 Å². The van der Waals surface area contributed by atoms with E-state index in [-0.39, 0.29) is 0 Å². The Balaban J connectivity index is 2.74. The smallest absolute Gasteiger partial charge is 0.0798 e. The molecule has 1 rings (SSSR count). The molecule has 72 valence electrons. The molecule has 0 saturated heterocycles. The second-order valence-electron chi connectivity index (χ2n) is 3.32. The fourth-order valence-corrected chi connectivity index (χ4v) is 1.62. The minimum atomic E-state index is 0.578. The maximum atomic E-state index is 4.24. The Hall–Kier alpha value is -0.670. The number of hydrogen-bond acceptors (Lipinski definition) is 3. The molecule has 1 N–H and O–H groups in total. The van der Waals surface area contributed by atoms with Crippen molar-refractivity contribution in [1.82, 2.24) is 10.3 Å². The van der Waals surface area contributed by atoms with E-state index >= 15 is 0 Å². The Bertz CT molecular complexity index is 262. The van der Waals surface area contributed by atoms with Crippen LogP contribution >= 0.6 is 11.3 Å². The molecule has 1 heterocycles. The van der Waals surface area contributed by atoms with Gasteiger partial charge >= 0.3 is 0 Å². The van der Waals surface area contributed by atoms with E-state index in [1.165, 1.54) is 5.57 Å². The number of aromatic nitrogens is 1. The van der Waals surface area contributed by atoms with Crippen LogP contribution in [-0.2, 0) is 0 Å². The zero-order valence-corrected chi connectivity index (χ0v) is 9.19. The van der Waals surface area contributed by atoms with Crippen LogP contribution in [0.2, 0.25) is 0 Å². The number of nitrogens with one attached hydrogen (secondary N) is 1. The Morgan fingerprint density at radius 3 is 2.92 bits per heavy atom. The number of thiazole rings is 1. The Morgan fingerprint density at radius 1 is 1.69 bits per heavy atom. The SMILES string of the molecule is CNCC(=Cc1cscn1)C(C)C. The van der Waals surface area contributed by atoms with Gasteiger partial charge in [0.2, 0.25) is 0 Å². The van der Waals surface area contributed by atoms with Gasteiger partial charge in [0.1, 0.15) is 0 Å². The molecule has 0 unspecified atom stereocenters. The molecule has 0 aliphatic rings. The van der Waals surface area contributed by atoms with E-state index < -0.39 is 0 Å². The average molecular weight is 196 g/mol. The van der Waals surface area contributed by atoms with Crippen LogP contribution in [0, 0.1) is 5.92 Å². The molecule has 0 aliphatic carbocycles. The minimum absolute atomic E-state index is 0.578. The normalized spacial score (nSPS) is 12.5. The summed E-state index contributed by atoms with van der Waals surface area (Å²) in [6.07, 6.45) is 2.16. The third kappa shape index (κ3) is 3.28. The first kappa shape index (κ1) is 10.4. The molecule has 0 spiro atoms. The van der Waals surface area contributed by atoms with Crippen LogP contribution < -0.4 is 5.32 Å². The molecule has 1 aromatic rings. The van der Waals surface area contributed by atoms with Gasteiger partial charge in [-0.1, -0.05) is 19.4 Å². The van der Waals surface area contributed by atoms with Crippen molar-refractivity contribution in [2.75, 3.05) is 13.6 Å². The molecule has 0 saturated carbocycles. The Morgan fingerprint density at radius 2 is 2.46 bits per heavy atom. The quantitative estimate of drug-likeness (QED) is 0.800. The fraction of sp³-hybridized carbons (Fsp3) is 0.500. The van der Waals surface area contributed by atoms with E-state index in [1.807, 2.05) is 12.6 Å². The first-order valence-corrected chi connectivity index (χ1v) is 5.41. The van der Waals surface area contributed by atoms with Gasteiger partial charge in [-0.2, -0.15) is 0 Å². The minimum Gasteiger partial charge on any atom is -0.316 e. The van der Waals surface area contributed by atoms with Crippen LogP contribution in [-0.4, -0.2) is 18.6 Å². The largest absolute Gasteiger partial charge is 0.316 e. The summed E-state index contributed by atoms with van der Waals surface area (Å²) in [5.41, 5.74) is 4.33. The van der Waals surface area contributed by atoms with Gasteiger partial charge in [-0.25, -0.2) is 4.98 Å². The molecule has 0 radical (unpaired) electrons. The van der Waals surface area contributed by atoms with Crippen LogP contribution in [0.1, 0.15) is 19.5 Å². The van der Waals surface area contributed by atoms with Gasteiger partial charge in [-0.05, 0) is 19.0 Å². The molecular formula is C10H16N2S. The number of likely N-dealkylation sites (N-methyl/N-ethyl adjacent to an activating group) is 1. The van der Waals surface area contributed by atoms with Crippen molar-refractivity contribution in [1.29, 1.82) is 0 Å². The molecule has 3 heteroatoms. The Kier molecular flexibility index (Phi) is 4.12. The fourth-order valence-electron chi connectivity index (χ4n) is 1.11. The van der Waals surface area contributed by atoms with Crippen molar-refractivity contribution >= 4 is 17.4 Å². The number of hydrogen-bond donors (Lipinski definition) is 1. The predicted molar refractivity (Wildman–Crippen MR) is 58.9 cm³/mol. The second kappa shape index (κ2) is 5.14. The molecule has 0 fully saturated rings. The summed E-state index contributed by atoms with van der Waals surface area (Å²) in [7, 11) is 1.97. The highest BCUT2D eigenvalue weighted by molar-refractivity contribution is 7.07. The third-order valence-electron chi connectivity index (χ3n) is 1.91. The van der Waals surface area contributed by atoms with Crippen LogP contribution in [0.25, 0.3) is 6.08 Å². The zero-order chi connectivity index (χ0) is 9.68. The lowest BCUT2D eigenvalue weighted by atomic mass is 10.0. The van der Waals surface area contributed by atoms with E-state index in [0.29, 0.717) is 5.92 Å². The van der Waals surface area contributed by atoms with Gasteiger partial charge in [-0.15, -0.1) is 11.3 Å². The monoisotopic (exact) mass is 196 g/mol. The van der Waals surface area contributed by atoms with Crippen LogP contribution in [0.15, 0.2) is 16.5 Å². The summed E-state index contributed by atoms with van der Waals surface area (Å²) in [6.45, 7) is 5.35. The van der Waals surface area contributed by atoms with Crippen molar-refractivity contribution in [2.45, 2.75) is 13.8 Å². The highest BCUT2D eigenvalue weighted by Gasteiger charge is 2.02. The standard InChI is InChI=1S/C10H16N2S/c1-8(2)9(5-11-3)4-10-6-13-7-12-10/h4,6-8,11H,5H2,1-3H3.